The Morgan fingerprint density at radius 2 is 2.29 bits per heavy atom. The number of hydrogen-bond donors (Lipinski definition) is 1. The second kappa shape index (κ2) is 1.62. The van der Waals surface area contributed by atoms with E-state index in [4.69, 9.17) is 0 Å². The van der Waals surface area contributed by atoms with Crippen LogP contribution in [0.3, 0.4) is 0 Å². The quantitative estimate of drug-likeness (QED) is 0.508. The first-order chi connectivity index (χ1) is 3.29. The van der Waals surface area contributed by atoms with Crippen LogP contribution in [0.15, 0.2) is 23.1 Å². The average molecular weight is 113 g/mol. The van der Waals surface area contributed by atoms with Crippen LogP contribution in [0.2, 0.25) is 0 Å². The molecule has 0 radical (unpaired) electrons. The molecule has 0 saturated carbocycles. The van der Waals surface area contributed by atoms with E-state index in [1.165, 1.54) is 0 Å². The normalized spacial score (nSPS) is 20.0. The zero-order valence-electron chi connectivity index (χ0n) is 4.03. The van der Waals surface area contributed by atoms with Crippen LogP contribution in [0.4, 0.5) is 0 Å². The molecule has 38 valence electrons. The minimum absolute atomic E-state index is 0.892. The van der Waals surface area contributed by atoms with Gasteiger partial charge in [0.1, 0.15) is 0 Å². The highest BCUT2D eigenvalue weighted by atomic mass is 32.2. The van der Waals surface area contributed by atoms with Crippen molar-refractivity contribution in [3.63, 3.8) is 0 Å². The molecule has 1 rings (SSSR count). The third-order valence-electron chi connectivity index (χ3n) is 0.750. The van der Waals surface area contributed by atoms with Crippen LogP contribution in [0.1, 0.15) is 0 Å². The van der Waals surface area contributed by atoms with Gasteiger partial charge in [0.15, 0.2) is 0 Å². The Bertz CT molecular complexity index is 103. The molecule has 0 aliphatic carbocycles. The monoisotopic (exact) mass is 113 g/mol. The molecule has 0 atom stereocenters. The fourth-order valence-electron chi connectivity index (χ4n) is 0.444. The minimum Gasteiger partial charge on any atom is -0.375 e. The molecule has 2 heteroatoms. The van der Waals surface area contributed by atoms with Gasteiger partial charge in [-0.2, -0.15) is 0 Å². The summed E-state index contributed by atoms with van der Waals surface area (Å²) in [6, 6.07) is 0. The Morgan fingerprint density at radius 1 is 1.57 bits per heavy atom. The van der Waals surface area contributed by atoms with Crippen LogP contribution >= 0.6 is 11.8 Å². The Balaban J connectivity index is 2.55. The predicted molar refractivity (Wildman–Crippen MR) is 33.9 cm³/mol. The van der Waals surface area contributed by atoms with Crippen molar-refractivity contribution in [2.45, 2.75) is 0 Å². The van der Waals surface area contributed by atoms with E-state index in [9.17, 15) is 0 Å². The van der Waals surface area contributed by atoms with Crippen molar-refractivity contribution in [2.24, 2.45) is 0 Å². The van der Waals surface area contributed by atoms with Gasteiger partial charge in [0.25, 0.3) is 0 Å². The zero-order chi connectivity index (χ0) is 5.28. The highest BCUT2D eigenvalue weighted by Crippen LogP contribution is 2.25. The van der Waals surface area contributed by atoms with Gasteiger partial charge in [-0.15, -0.1) is 0 Å². The summed E-state index contributed by atoms with van der Waals surface area (Å²) in [4.78, 5) is 1.16. The van der Waals surface area contributed by atoms with E-state index in [2.05, 4.69) is 18.5 Å². The van der Waals surface area contributed by atoms with E-state index in [1.54, 1.807) is 11.8 Å². The molecule has 1 saturated heterocycles. The molecule has 1 aliphatic heterocycles. The fraction of sp³-hybridized carbons (Fsp3) is 0.200. The third-order valence-corrected chi connectivity index (χ3v) is 1.57. The Hall–Kier alpha value is -0.370. The van der Waals surface area contributed by atoms with Crippen molar-refractivity contribution >= 4 is 11.8 Å². The Morgan fingerprint density at radius 3 is 2.43 bits per heavy atom. The standard InChI is InChI=1S/C5H7NS/c1-4-3-6-5(2)7-4/h6H,1-3H2. The highest BCUT2D eigenvalue weighted by Gasteiger charge is 2.05. The Labute approximate surface area is 47.5 Å². The second-order valence-electron chi connectivity index (χ2n) is 1.42. The molecule has 0 bridgehead atoms. The topological polar surface area (TPSA) is 12.0 Å². The molecule has 1 aliphatic rings. The molecule has 0 aromatic carbocycles. The zero-order valence-corrected chi connectivity index (χ0v) is 4.85. The van der Waals surface area contributed by atoms with Crippen molar-refractivity contribution in [2.75, 3.05) is 6.54 Å². The first-order valence-corrected chi connectivity index (χ1v) is 2.89. The fourth-order valence-corrected chi connectivity index (χ4v) is 1.08. The van der Waals surface area contributed by atoms with Crippen molar-refractivity contribution in [3.05, 3.63) is 23.1 Å². The van der Waals surface area contributed by atoms with Crippen molar-refractivity contribution in [3.8, 4) is 0 Å². The van der Waals surface area contributed by atoms with Gasteiger partial charge >= 0.3 is 0 Å². The van der Waals surface area contributed by atoms with E-state index < -0.39 is 0 Å². The van der Waals surface area contributed by atoms with E-state index in [-0.39, 0.29) is 0 Å². The van der Waals surface area contributed by atoms with Gasteiger partial charge in [-0.1, -0.05) is 24.9 Å². The summed E-state index contributed by atoms with van der Waals surface area (Å²) in [7, 11) is 0. The van der Waals surface area contributed by atoms with E-state index in [0.717, 1.165) is 16.5 Å². The number of rotatable bonds is 0. The predicted octanol–water partition coefficient (Wildman–Crippen LogP) is 1.31. The molecule has 1 heterocycles. The molecule has 1 nitrogen and oxygen atoms in total. The Kier molecular flexibility index (Phi) is 1.11. The van der Waals surface area contributed by atoms with Crippen LogP contribution in [0.25, 0.3) is 0 Å². The summed E-state index contributed by atoms with van der Waals surface area (Å²) >= 11 is 1.62. The molecule has 7 heavy (non-hydrogen) atoms. The van der Waals surface area contributed by atoms with Crippen LogP contribution in [0.5, 0.6) is 0 Å². The van der Waals surface area contributed by atoms with Gasteiger partial charge in [-0.3, -0.25) is 0 Å². The van der Waals surface area contributed by atoms with Crippen molar-refractivity contribution in [1.29, 1.82) is 0 Å². The summed E-state index contributed by atoms with van der Waals surface area (Å²) in [5.74, 6) is 0. The van der Waals surface area contributed by atoms with E-state index in [0.29, 0.717) is 0 Å². The van der Waals surface area contributed by atoms with Crippen molar-refractivity contribution < 1.29 is 0 Å². The van der Waals surface area contributed by atoms with Crippen LogP contribution in [0, 0.1) is 0 Å². The molecule has 1 N–H and O–H groups in total. The molecule has 0 amide bonds. The lowest BCUT2D eigenvalue weighted by molar-refractivity contribution is 0.991. The van der Waals surface area contributed by atoms with Gasteiger partial charge in [0, 0.05) is 11.4 Å². The molecule has 0 spiro atoms. The molecule has 1 fully saturated rings. The van der Waals surface area contributed by atoms with Gasteiger partial charge in [0.2, 0.25) is 0 Å². The third kappa shape index (κ3) is 0.996. The lowest BCUT2D eigenvalue weighted by Gasteiger charge is -1.84. The molecule has 0 unspecified atom stereocenters. The number of nitrogens with one attached hydrogen (secondary N) is 1. The average Bonchev–Trinajstić information content (AvgIpc) is 1.87. The van der Waals surface area contributed by atoms with Gasteiger partial charge in [-0.25, -0.2) is 0 Å². The summed E-state index contributed by atoms with van der Waals surface area (Å²) in [6.07, 6.45) is 0. The van der Waals surface area contributed by atoms with Gasteiger partial charge in [-0.05, 0) is 0 Å². The smallest absolute Gasteiger partial charge is 0.0656 e. The molecule has 0 aromatic heterocycles. The SMILES string of the molecule is C=C1CNC(=C)S1. The molecular weight excluding hydrogens is 106 g/mol. The van der Waals surface area contributed by atoms with Crippen LogP contribution < -0.4 is 5.32 Å². The second-order valence-corrected chi connectivity index (χ2v) is 2.69. The number of hydrogen-bond acceptors (Lipinski definition) is 2. The first kappa shape index (κ1) is 4.78. The minimum atomic E-state index is 0.892. The number of thioether (sulfide) groups is 1. The first-order valence-electron chi connectivity index (χ1n) is 2.07. The summed E-state index contributed by atoms with van der Waals surface area (Å²) in [6.45, 7) is 8.33. The molecule has 0 aromatic rings. The van der Waals surface area contributed by atoms with Crippen LogP contribution in [-0.4, -0.2) is 6.54 Å². The lowest BCUT2D eigenvalue weighted by Crippen LogP contribution is -2.01. The van der Waals surface area contributed by atoms with E-state index >= 15 is 0 Å². The van der Waals surface area contributed by atoms with Gasteiger partial charge < -0.3 is 5.32 Å². The van der Waals surface area contributed by atoms with Gasteiger partial charge in [0.05, 0.1) is 5.03 Å². The van der Waals surface area contributed by atoms with E-state index in [1.807, 2.05) is 0 Å². The summed E-state index contributed by atoms with van der Waals surface area (Å²) < 4.78 is 0. The lowest BCUT2D eigenvalue weighted by atomic mass is 10.6. The maximum Gasteiger partial charge on any atom is 0.0656 e. The van der Waals surface area contributed by atoms with Crippen molar-refractivity contribution in [1.82, 2.24) is 5.32 Å². The summed E-state index contributed by atoms with van der Waals surface area (Å²) in [5, 5.41) is 4.06. The molecular formula is C5H7NS. The maximum atomic E-state index is 3.74. The largest absolute Gasteiger partial charge is 0.375 e. The maximum absolute atomic E-state index is 3.74. The van der Waals surface area contributed by atoms with Crippen LogP contribution in [-0.2, 0) is 0 Å². The summed E-state index contributed by atoms with van der Waals surface area (Å²) in [5.41, 5.74) is 0. The highest BCUT2D eigenvalue weighted by molar-refractivity contribution is 8.07.